The van der Waals surface area contributed by atoms with E-state index in [-0.39, 0.29) is 16.1 Å². The molecule has 0 amide bonds. The fourth-order valence-corrected chi connectivity index (χ4v) is 2.74. The number of hydrogen-bond acceptors (Lipinski definition) is 4. The Morgan fingerprint density at radius 2 is 1.90 bits per heavy atom. The normalized spacial score (nSPS) is 12.0. The van der Waals surface area contributed by atoms with Gasteiger partial charge in [-0.05, 0) is 31.2 Å². The number of hydrogen-bond donors (Lipinski definition) is 1. The Hall–Kier alpha value is -1.42. The van der Waals surface area contributed by atoms with Crippen LogP contribution in [0.2, 0.25) is 0 Å². The Balaban J connectivity index is 3.04. The molecule has 1 N–H and O–H groups in total. The van der Waals surface area contributed by atoms with E-state index in [0.29, 0.717) is 6.54 Å². The predicted octanol–water partition coefficient (Wildman–Crippen LogP) is 4.31. The van der Waals surface area contributed by atoms with E-state index >= 15 is 0 Å². The molecule has 0 spiro atoms. The summed E-state index contributed by atoms with van der Waals surface area (Å²) in [5, 5.41) is 11.9. The summed E-state index contributed by atoms with van der Waals surface area (Å²) < 4.78 is 38.0. The number of pyridine rings is 1. The van der Waals surface area contributed by atoms with Gasteiger partial charge >= 0.3 is 6.18 Å². The molecule has 0 saturated heterocycles. The summed E-state index contributed by atoms with van der Waals surface area (Å²) in [7, 11) is 0. The van der Waals surface area contributed by atoms with Crippen LogP contribution in [-0.2, 0) is 6.18 Å². The second-order valence-corrected chi connectivity index (χ2v) is 5.92. The van der Waals surface area contributed by atoms with E-state index in [0.717, 1.165) is 25.0 Å². The Labute approximate surface area is 126 Å². The maximum absolute atomic E-state index is 12.7. The van der Waals surface area contributed by atoms with Gasteiger partial charge in [-0.15, -0.1) is 0 Å². The minimum Gasteiger partial charge on any atom is -0.368 e. The van der Waals surface area contributed by atoms with Crippen molar-refractivity contribution >= 4 is 17.6 Å². The van der Waals surface area contributed by atoms with Gasteiger partial charge in [-0.1, -0.05) is 13.8 Å². The van der Waals surface area contributed by atoms with Crippen LogP contribution >= 0.6 is 11.8 Å². The quantitative estimate of drug-likeness (QED) is 0.849. The standard InChI is InChI=1S/C14H18F3N3S/c1-4-13(5-2,21-3)9-19-12-10(8-18)6-7-11(20-12)14(15,16)17/h6-7H,4-5,9H2,1-3H3,(H,19,20). The monoisotopic (exact) mass is 317 g/mol. The highest BCUT2D eigenvalue weighted by Crippen LogP contribution is 2.32. The Morgan fingerprint density at radius 1 is 1.29 bits per heavy atom. The van der Waals surface area contributed by atoms with Gasteiger partial charge in [-0.25, -0.2) is 4.98 Å². The third-order valence-corrected chi connectivity index (χ3v) is 5.19. The van der Waals surface area contributed by atoms with Gasteiger partial charge in [0.25, 0.3) is 0 Å². The maximum atomic E-state index is 12.7. The van der Waals surface area contributed by atoms with Crippen molar-refractivity contribution in [2.24, 2.45) is 0 Å². The molecule has 0 bridgehead atoms. The minimum atomic E-state index is -4.52. The van der Waals surface area contributed by atoms with Crippen molar-refractivity contribution in [2.45, 2.75) is 37.6 Å². The number of thioether (sulfide) groups is 1. The van der Waals surface area contributed by atoms with Crippen LogP contribution in [0.15, 0.2) is 12.1 Å². The molecule has 21 heavy (non-hydrogen) atoms. The number of aromatic nitrogens is 1. The topological polar surface area (TPSA) is 48.7 Å². The molecule has 0 radical (unpaired) electrons. The van der Waals surface area contributed by atoms with E-state index in [1.807, 2.05) is 26.2 Å². The Bertz CT molecular complexity index is 511. The van der Waals surface area contributed by atoms with Crippen molar-refractivity contribution in [2.75, 3.05) is 18.1 Å². The highest BCUT2D eigenvalue weighted by atomic mass is 32.2. The number of nitrogens with zero attached hydrogens (tertiary/aromatic N) is 2. The van der Waals surface area contributed by atoms with Crippen LogP contribution in [0.4, 0.5) is 19.0 Å². The average molecular weight is 317 g/mol. The molecular formula is C14H18F3N3S. The zero-order valence-corrected chi connectivity index (χ0v) is 13.0. The van der Waals surface area contributed by atoms with Crippen molar-refractivity contribution in [3.05, 3.63) is 23.4 Å². The molecule has 0 atom stereocenters. The van der Waals surface area contributed by atoms with Gasteiger partial charge in [0.15, 0.2) is 0 Å². The summed E-state index contributed by atoms with van der Waals surface area (Å²) >= 11 is 1.66. The van der Waals surface area contributed by atoms with Crippen LogP contribution in [0, 0.1) is 11.3 Å². The average Bonchev–Trinajstić information content (AvgIpc) is 2.48. The third-order valence-electron chi connectivity index (χ3n) is 3.61. The van der Waals surface area contributed by atoms with Gasteiger partial charge in [0.05, 0.1) is 5.56 Å². The van der Waals surface area contributed by atoms with Crippen LogP contribution < -0.4 is 5.32 Å². The van der Waals surface area contributed by atoms with E-state index < -0.39 is 11.9 Å². The van der Waals surface area contributed by atoms with E-state index in [9.17, 15) is 13.2 Å². The lowest BCUT2D eigenvalue weighted by molar-refractivity contribution is -0.141. The van der Waals surface area contributed by atoms with E-state index in [1.54, 1.807) is 11.8 Å². The lowest BCUT2D eigenvalue weighted by Crippen LogP contribution is -2.32. The van der Waals surface area contributed by atoms with Crippen LogP contribution in [0.25, 0.3) is 0 Å². The summed E-state index contributed by atoms with van der Waals surface area (Å²) in [6.45, 7) is 4.53. The highest BCUT2D eigenvalue weighted by Gasteiger charge is 2.33. The molecule has 0 aliphatic carbocycles. The van der Waals surface area contributed by atoms with Gasteiger partial charge < -0.3 is 5.32 Å². The molecule has 7 heteroatoms. The van der Waals surface area contributed by atoms with Crippen molar-refractivity contribution < 1.29 is 13.2 Å². The number of nitrogens with one attached hydrogen (secondary N) is 1. The molecule has 0 saturated carbocycles. The highest BCUT2D eigenvalue weighted by molar-refractivity contribution is 8.00. The van der Waals surface area contributed by atoms with E-state index in [1.165, 1.54) is 0 Å². The van der Waals surface area contributed by atoms with Crippen molar-refractivity contribution in [3.63, 3.8) is 0 Å². The first-order valence-corrected chi connectivity index (χ1v) is 7.81. The second-order valence-electron chi connectivity index (χ2n) is 4.65. The van der Waals surface area contributed by atoms with E-state index in [4.69, 9.17) is 5.26 Å². The number of halogens is 3. The fourth-order valence-electron chi connectivity index (χ4n) is 1.95. The predicted molar refractivity (Wildman–Crippen MR) is 79.3 cm³/mol. The summed E-state index contributed by atoms with van der Waals surface area (Å²) in [6.07, 6.45) is -0.799. The molecule has 1 aromatic heterocycles. The molecule has 0 aliphatic rings. The van der Waals surface area contributed by atoms with Crippen LogP contribution in [0.1, 0.15) is 37.9 Å². The first-order chi connectivity index (χ1) is 9.81. The SMILES string of the molecule is CCC(CC)(CNc1nc(C(F)(F)F)ccc1C#N)SC. The smallest absolute Gasteiger partial charge is 0.368 e. The molecule has 3 nitrogen and oxygen atoms in total. The second kappa shape index (κ2) is 7.03. The number of alkyl halides is 3. The first kappa shape index (κ1) is 17.6. The minimum absolute atomic E-state index is 0.00681. The lowest BCUT2D eigenvalue weighted by Gasteiger charge is -2.30. The number of anilines is 1. The molecule has 1 heterocycles. The fraction of sp³-hybridized carbons (Fsp3) is 0.571. The van der Waals surface area contributed by atoms with Gasteiger partial charge in [0, 0.05) is 11.3 Å². The molecule has 1 aromatic rings. The zero-order valence-electron chi connectivity index (χ0n) is 12.2. The van der Waals surface area contributed by atoms with Gasteiger partial charge in [0.2, 0.25) is 0 Å². The summed E-state index contributed by atoms with van der Waals surface area (Å²) in [5.74, 6) is -0.00681. The van der Waals surface area contributed by atoms with Gasteiger partial charge in [-0.3, -0.25) is 0 Å². The van der Waals surface area contributed by atoms with Gasteiger partial charge in [0.1, 0.15) is 17.6 Å². The third kappa shape index (κ3) is 4.27. The maximum Gasteiger partial charge on any atom is 0.433 e. The summed E-state index contributed by atoms with van der Waals surface area (Å²) in [6, 6.07) is 3.84. The zero-order chi connectivity index (χ0) is 16.1. The summed E-state index contributed by atoms with van der Waals surface area (Å²) in [5.41, 5.74) is -0.878. The molecule has 0 aromatic carbocycles. The van der Waals surface area contributed by atoms with Crippen molar-refractivity contribution in [1.82, 2.24) is 4.98 Å². The Kier molecular flexibility index (Phi) is 5.90. The molecule has 0 unspecified atom stereocenters. The number of rotatable bonds is 6. The van der Waals surface area contributed by atoms with Crippen LogP contribution in [0.3, 0.4) is 0 Å². The first-order valence-electron chi connectivity index (χ1n) is 6.59. The van der Waals surface area contributed by atoms with E-state index in [2.05, 4.69) is 10.3 Å². The van der Waals surface area contributed by atoms with Crippen LogP contribution in [0.5, 0.6) is 0 Å². The molecule has 116 valence electrons. The Morgan fingerprint density at radius 3 is 2.33 bits per heavy atom. The lowest BCUT2D eigenvalue weighted by atomic mass is 10.0. The van der Waals surface area contributed by atoms with Crippen LogP contribution in [-0.4, -0.2) is 22.5 Å². The summed E-state index contributed by atoms with van der Waals surface area (Å²) in [4.78, 5) is 3.55. The molecule has 0 fully saturated rings. The number of nitriles is 1. The largest absolute Gasteiger partial charge is 0.433 e. The van der Waals surface area contributed by atoms with Gasteiger partial charge in [-0.2, -0.15) is 30.2 Å². The molecule has 0 aliphatic heterocycles. The molecular weight excluding hydrogens is 299 g/mol. The van der Waals surface area contributed by atoms with Crippen molar-refractivity contribution in [3.8, 4) is 6.07 Å². The van der Waals surface area contributed by atoms with Crippen molar-refractivity contribution in [1.29, 1.82) is 5.26 Å². The molecule has 1 rings (SSSR count).